The van der Waals surface area contributed by atoms with Gasteiger partial charge in [0, 0.05) is 44.3 Å². The molecule has 0 N–H and O–H groups in total. The molecule has 2 aromatic heterocycles. The molecule has 0 unspecified atom stereocenters. The fraction of sp³-hybridized carbons (Fsp3) is 0.0169. The highest BCUT2D eigenvalue weighted by molar-refractivity contribution is 6.11. The second-order valence-corrected chi connectivity index (χ2v) is 16.7. The van der Waals surface area contributed by atoms with Crippen molar-refractivity contribution in [1.82, 2.24) is 19.5 Å². The predicted molar refractivity (Wildman–Crippen MR) is 258 cm³/mol. The molecule has 3 heterocycles. The maximum Gasteiger partial charge on any atom is 0.164 e. The van der Waals surface area contributed by atoms with Crippen LogP contribution < -0.4 is 4.74 Å². The SMILES string of the molecule is N#Cc1ccc2c(c1)c1cc(-c3ccc4c(c3)Oc3cc(-c5nc(-c6ccccc6)nc(-c6ccccc6)n5)ccc3C43c4ccccc4-c4ccccc43)ccc1n2-c1ccccc1. The number of rotatable bonds is 5. The second-order valence-electron chi connectivity index (χ2n) is 16.7. The summed E-state index contributed by atoms with van der Waals surface area (Å²) in [6, 6.07) is 76.1. The predicted octanol–water partition coefficient (Wildman–Crippen LogP) is 14.0. The van der Waals surface area contributed by atoms with Crippen LogP contribution in [0.3, 0.4) is 0 Å². The van der Waals surface area contributed by atoms with Gasteiger partial charge in [-0.1, -0.05) is 158 Å². The summed E-state index contributed by atoms with van der Waals surface area (Å²) in [5.74, 6) is 3.29. The van der Waals surface area contributed by atoms with Crippen LogP contribution in [0.2, 0.25) is 0 Å². The van der Waals surface area contributed by atoms with Crippen molar-refractivity contribution in [3.63, 3.8) is 0 Å². The summed E-state index contributed by atoms with van der Waals surface area (Å²) < 4.78 is 9.46. The minimum absolute atomic E-state index is 0.562. The molecule has 0 atom stereocenters. The van der Waals surface area contributed by atoms with Crippen molar-refractivity contribution in [2.24, 2.45) is 0 Å². The van der Waals surface area contributed by atoms with Gasteiger partial charge in [0.25, 0.3) is 0 Å². The lowest BCUT2D eigenvalue weighted by atomic mass is 9.66. The molecule has 65 heavy (non-hydrogen) atoms. The topological polar surface area (TPSA) is 76.6 Å². The van der Waals surface area contributed by atoms with Gasteiger partial charge in [-0.3, -0.25) is 0 Å². The van der Waals surface area contributed by atoms with E-state index in [9.17, 15) is 5.26 Å². The van der Waals surface area contributed by atoms with Crippen LogP contribution in [0.4, 0.5) is 0 Å². The molecule has 9 aromatic carbocycles. The molecule has 6 nitrogen and oxygen atoms in total. The summed E-state index contributed by atoms with van der Waals surface area (Å²) in [5.41, 5.74) is 14.9. The Morgan fingerprint density at radius 3 is 1.46 bits per heavy atom. The van der Waals surface area contributed by atoms with Crippen LogP contribution in [0.5, 0.6) is 11.5 Å². The Bertz CT molecular complexity index is 3660. The summed E-state index contributed by atoms with van der Waals surface area (Å²) in [5, 5.41) is 12.0. The van der Waals surface area contributed by atoms with Gasteiger partial charge in [-0.15, -0.1) is 0 Å². The molecule has 0 saturated carbocycles. The van der Waals surface area contributed by atoms with Gasteiger partial charge >= 0.3 is 0 Å². The lowest BCUT2D eigenvalue weighted by Crippen LogP contribution is -2.32. The quantitative estimate of drug-likeness (QED) is 0.173. The summed E-state index contributed by atoms with van der Waals surface area (Å²) in [6.07, 6.45) is 0. The van der Waals surface area contributed by atoms with E-state index in [1.165, 1.54) is 22.3 Å². The van der Waals surface area contributed by atoms with Gasteiger partial charge in [0.2, 0.25) is 0 Å². The normalized spacial score (nSPS) is 12.8. The molecule has 0 radical (unpaired) electrons. The van der Waals surface area contributed by atoms with E-state index in [2.05, 4.69) is 144 Å². The minimum Gasteiger partial charge on any atom is -0.457 e. The highest BCUT2D eigenvalue weighted by Gasteiger charge is 2.51. The second kappa shape index (κ2) is 14.3. The van der Waals surface area contributed by atoms with E-state index in [4.69, 9.17) is 19.7 Å². The maximum absolute atomic E-state index is 9.94. The molecule has 0 fully saturated rings. The minimum atomic E-state index is -0.655. The summed E-state index contributed by atoms with van der Waals surface area (Å²) in [6.45, 7) is 0. The zero-order valence-corrected chi connectivity index (χ0v) is 34.9. The van der Waals surface area contributed by atoms with Crippen LogP contribution >= 0.6 is 0 Å². The molecule has 0 amide bonds. The Hall–Kier alpha value is -8.92. The van der Waals surface area contributed by atoms with Crippen molar-refractivity contribution in [2.45, 2.75) is 5.41 Å². The molecule has 13 rings (SSSR count). The van der Waals surface area contributed by atoms with Crippen molar-refractivity contribution >= 4 is 21.8 Å². The Balaban J connectivity index is 1.02. The Kier molecular flexibility index (Phi) is 8.08. The monoisotopic (exact) mass is 829 g/mol. The number of para-hydroxylation sites is 1. The average Bonchev–Trinajstić information content (AvgIpc) is 3.86. The number of nitrogens with zero attached hydrogens (tertiary/aromatic N) is 5. The van der Waals surface area contributed by atoms with E-state index in [0.29, 0.717) is 23.0 Å². The van der Waals surface area contributed by atoms with Crippen LogP contribution in [0.25, 0.3) is 83.9 Å². The molecule has 0 bridgehead atoms. The molecule has 1 aliphatic heterocycles. The van der Waals surface area contributed by atoms with Gasteiger partial charge < -0.3 is 9.30 Å². The van der Waals surface area contributed by atoms with E-state index < -0.39 is 5.41 Å². The Morgan fingerprint density at radius 2 is 0.862 bits per heavy atom. The maximum atomic E-state index is 9.94. The molecule has 6 heteroatoms. The summed E-state index contributed by atoms with van der Waals surface area (Å²) in [4.78, 5) is 15.1. The third kappa shape index (κ3) is 5.56. The molecule has 1 spiro atoms. The van der Waals surface area contributed by atoms with E-state index in [1.807, 2.05) is 78.9 Å². The molecular weight excluding hydrogens is 795 g/mol. The number of aromatic nitrogens is 4. The average molecular weight is 830 g/mol. The zero-order chi connectivity index (χ0) is 43.1. The Morgan fingerprint density at radius 1 is 0.400 bits per heavy atom. The van der Waals surface area contributed by atoms with Crippen molar-refractivity contribution < 1.29 is 4.74 Å². The third-order valence-electron chi connectivity index (χ3n) is 13.1. The van der Waals surface area contributed by atoms with Gasteiger partial charge in [-0.05, 0) is 88.0 Å². The molecule has 2 aliphatic rings. The van der Waals surface area contributed by atoms with Gasteiger partial charge in [0.1, 0.15) is 11.5 Å². The van der Waals surface area contributed by atoms with Crippen LogP contribution in [0.1, 0.15) is 27.8 Å². The van der Waals surface area contributed by atoms with Crippen molar-refractivity contribution in [3.05, 3.63) is 240 Å². The largest absolute Gasteiger partial charge is 0.457 e. The van der Waals surface area contributed by atoms with Crippen LogP contribution in [0.15, 0.2) is 212 Å². The highest BCUT2D eigenvalue weighted by Crippen LogP contribution is 2.62. The first-order valence-corrected chi connectivity index (χ1v) is 21.7. The van der Waals surface area contributed by atoms with Crippen LogP contribution in [-0.2, 0) is 5.41 Å². The fourth-order valence-electron chi connectivity index (χ4n) is 10.3. The third-order valence-corrected chi connectivity index (χ3v) is 13.1. The highest BCUT2D eigenvalue weighted by atomic mass is 16.5. The number of nitriles is 1. The lowest BCUT2D eigenvalue weighted by molar-refractivity contribution is 0.437. The van der Waals surface area contributed by atoms with Gasteiger partial charge in [-0.2, -0.15) is 5.26 Å². The van der Waals surface area contributed by atoms with E-state index >= 15 is 0 Å². The van der Waals surface area contributed by atoms with E-state index in [1.54, 1.807) is 0 Å². The van der Waals surface area contributed by atoms with Gasteiger partial charge in [-0.25, -0.2) is 15.0 Å². The van der Waals surface area contributed by atoms with Crippen LogP contribution in [0, 0.1) is 11.3 Å². The number of hydrogen-bond donors (Lipinski definition) is 0. The lowest BCUT2D eigenvalue weighted by Gasteiger charge is -2.39. The molecule has 1 aliphatic carbocycles. The van der Waals surface area contributed by atoms with E-state index in [0.717, 1.165) is 77.9 Å². The van der Waals surface area contributed by atoms with Gasteiger partial charge in [0.05, 0.1) is 28.1 Å². The molecule has 11 aromatic rings. The zero-order valence-electron chi connectivity index (χ0n) is 34.9. The number of benzene rings is 9. The van der Waals surface area contributed by atoms with Crippen molar-refractivity contribution in [2.75, 3.05) is 0 Å². The van der Waals surface area contributed by atoms with Crippen molar-refractivity contribution in [3.8, 4) is 79.7 Å². The first-order valence-electron chi connectivity index (χ1n) is 21.7. The Labute approximate surface area is 375 Å². The number of hydrogen-bond acceptors (Lipinski definition) is 5. The van der Waals surface area contributed by atoms with Gasteiger partial charge in [0.15, 0.2) is 17.5 Å². The fourth-order valence-corrected chi connectivity index (χ4v) is 10.3. The molecular formula is C59H35N5O. The summed E-state index contributed by atoms with van der Waals surface area (Å²) in [7, 11) is 0. The number of fused-ring (bicyclic) bond motifs is 12. The van der Waals surface area contributed by atoms with Crippen LogP contribution in [-0.4, -0.2) is 19.5 Å². The first-order chi connectivity index (χ1) is 32.2. The van der Waals surface area contributed by atoms with E-state index in [-0.39, 0.29) is 0 Å². The molecule has 0 saturated heterocycles. The summed E-state index contributed by atoms with van der Waals surface area (Å²) >= 11 is 0. The van der Waals surface area contributed by atoms with Crippen molar-refractivity contribution in [1.29, 1.82) is 5.26 Å². The first kappa shape index (κ1) is 36.7. The smallest absolute Gasteiger partial charge is 0.164 e. The number of ether oxygens (including phenoxy) is 1. The molecule has 302 valence electrons. The standard InChI is InChI=1S/C59H35N5O/c60-36-37-24-30-52-46(32-37)47-33-40(27-31-53(47)64(52)43-18-8-3-9-19-43)41-25-28-50-54(34-41)65-55-35-42(26-29-51(55)59(50)48-22-12-10-20-44(48)45-21-11-13-23-49(45)59)58-62-56(38-14-4-1-5-15-38)61-57(63-58)39-16-6-2-7-17-39/h1-35H.